The normalized spacial score (nSPS) is 15.0. The summed E-state index contributed by atoms with van der Waals surface area (Å²) in [5.74, 6) is -0.344. The van der Waals surface area contributed by atoms with Crippen molar-refractivity contribution in [1.29, 1.82) is 0 Å². The van der Waals surface area contributed by atoms with Crippen molar-refractivity contribution < 1.29 is 9.90 Å². The second-order valence-corrected chi connectivity index (χ2v) is 6.98. The molecular weight excluding hydrogens is 354 g/mol. The molecule has 3 aromatic rings. The maximum atomic E-state index is 11.6. The van der Waals surface area contributed by atoms with Gasteiger partial charge in [0.2, 0.25) is 0 Å². The summed E-state index contributed by atoms with van der Waals surface area (Å²) in [6.45, 7) is 5.87. The molecule has 3 aromatic heterocycles. The Labute approximate surface area is 163 Å². The first-order valence-corrected chi connectivity index (χ1v) is 9.36. The van der Waals surface area contributed by atoms with E-state index in [-0.39, 0.29) is 0 Å². The molecule has 0 radical (unpaired) electrons. The van der Waals surface area contributed by atoms with E-state index in [1.54, 1.807) is 18.5 Å². The summed E-state index contributed by atoms with van der Waals surface area (Å²) >= 11 is 0. The van der Waals surface area contributed by atoms with Gasteiger partial charge in [-0.3, -0.25) is 9.88 Å². The van der Waals surface area contributed by atoms with Gasteiger partial charge in [-0.2, -0.15) is 0 Å². The number of rotatable bonds is 5. The lowest BCUT2D eigenvalue weighted by molar-refractivity contribution is 0.0696. The van der Waals surface area contributed by atoms with E-state index in [0.29, 0.717) is 11.4 Å². The topological polar surface area (TPSA) is 74.5 Å². The van der Waals surface area contributed by atoms with Crippen LogP contribution in [-0.4, -0.2) is 56.7 Å². The van der Waals surface area contributed by atoms with Gasteiger partial charge in [-0.05, 0) is 42.8 Å². The molecule has 0 bridgehead atoms. The van der Waals surface area contributed by atoms with Crippen LogP contribution in [-0.2, 0) is 6.54 Å². The van der Waals surface area contributed by atoms with Gasteiger partial charge in [0.25, 0.3) is 0 Å². The quantitative estimate of drug-likeness (QED) is 0.737. The summed E-state index contributed by atoms with van der Waals surface area (Å²) < 4.78 is 2.16. The lowest BCUT2D eigenvalue weighted by Crippen LogP contribution is -2.47. The van der Waals surface area contributed by atoms with Gasteiger partial charge in [0.15, 0.2) is 0 Å². The predicted molar refractivity (Wildman–Crippen MR) is 107 cm³/mol. The zero-order valence-corrected chi connectivity index (χ0v) is 15.8. The van der Waals surface area contributed by atoms with E-state index in [9.17, 15) is 9.90 Å². The number of carboxylic acid groups (broad SMARTS) is 1. The van der Waals surface area contributed by atoms with Crippen molar-refractivity contribution in [1.82, 2.24) is 19.4 Å². The molecule has 144 valence electrons. The first-order valence-electron chi connectivity index (χ1n) is 9.36. The van der Waals surface area contributed by atoms with Gasteiger partial charge < -0.3 is 14.6 Å². The van der Waals surface area contributed by atoms with Gasteiger partial charge in [-0.1, -0.05) is 0 Å². The van der Waals surface area contributed by atoms with Crippen molar-refractivity contribution in [3.05, 3.63) is 71.9 Å². The minimum atomic E-state index is -0.919. The fraction of sp³-hybridized carbons (Fsp3) is 0.286. The Balaban J connectivity index is 1.45. The molecule has 1 fully saturated rings. The van der Waals surface area contributed by atoms with Crippen molar-refractivity contribution in [2.45, 2.75) is 13.5 Å². The number of piperazine rings is 1. The largest absolute Gasteiger partial charge is 0.478 e. The summed E-state index contributed by atoms with van der Waals surface area (Å²) in [7, 11) is 0. The van der Waals surface area contributed by atoms with Crippen LogP contribution in [0.3, 0.4) is 0 Å². The van der Waals surface area contributed by atoms with Crippen molar-refractivity contribution in [2.75, 3.05) is 31.1 Å². The first kappa shape index (κ1) is 18.2. The molecule has 4 rings (SSSR count). The van der Waals surface area contributed by atoms with E-state index in [2.05, 4.69) is 36.6 Å². The van der Waals surface area contributed by atoms with Crippen LogP contribution in [0.5, 0.6) is 0 Å². The molecule has 0 atom stereocenters. The zero-order valence-electron chi connectivity index (χ0n) is 15.8. The van der Waals surface area contributed by atoms with Gasteiger partial charge in [-0.25, -0.2) is 9.78 Å². The highest BCUT2D eigenvalue weighted by molar-refractivity contribution is 5.95. The van der Waals surface area contributed by atoms with Crippen LogP contribution in [0.25, 0.3) is 5.69 Å². The molecule has 28 heavy (non-hydrogen) atoms. The smallest absolute Gasteiger partial charge is 0.339 e. The molecule has 7 nitrogen and oxygen atoms in total. The van der Waals surface area contributed by atoms with E-state index in [4.69, 9.17) is 0 Å². The first-order chi connectivity index (χ1) is 13.6. The van der Waals surface area contributed by atoms with E-state index >= 15 is 0 Å². The number of carbonyl (C=O) groups is 1. The number of aryl methyl sites for hydroxylation is 1. The summed E-state index contributed by atoms with van der Waals surface area (Å²) in [4.78, 5) is 24.7. The number of aromatic nitrogens is 3. The minimum absolute atomic E-state index is 0.307. The van der Waals surface area contributed by atoms with Gasteiger partial charge in [0.1, 0.15) is 11.4 Å². The molecule has 1 aliphatic heterocycles. The fourth-order valence-corrected chi connectivity index (χ4v) is 3.69. The highest BCUT2D eigenvalue weighted by atomic mass is 16.4. The maximum absolute atomic E-state index is 11.6. The number of anilines is 1. The Morgan fingerprint density at radius 1 is 1.11 bits per heavy atom. The molecule has 7 heteroatoms. The highest BCUT2D eigenvalue weighted by Gasteiger charge is 2.24. The third-order valence-corrected chi connectivity index (χ3v) is 5.17. The molecule has 0 unspecified atom stereocenters. The van der Waals surface area contributed by atoms with Crippen LogP contribution in [0.4, 0.5) is 5.82 Å². The average Bonchev–Trinajstić information content (AvgIpc) is 3.17. The number of nitrogens with zero attached hydrogens (tertiary/aromatic N) is 5. The lowest BCUT2D eigenvalue weighted by atomic mass is 10.1. The van der Waals surface area contributed by atoms with Crippen LogP contribution in [0.1, 0.15) is 21.6 Å². The molecule has 0 amide bonds. The van der Waals surface area contributed by atoms with E-state index < -0.39 is 5.97 Å². The van der Waals surface area contributed by atoms with Gasteiger partial charge in [-0.15, -0.1) is 0 Å². The fourth-order valence-electron chi connectivity index (χ4n) is 3.69. The summed E-state index contributed by atoms with van der Waals surface area (Å²) in [5.41, 5.74) is 3.31. The Morgan fingerprint density at radius 2 is 1.93 bits per heavy atom. The van der Waals surface area contributed by atoms with E-state index in [0.717, 1.165) is 44.0 Å². The molecule has 0 spiro atoms. The third-order valence-electron chi connectivity index (χ3n) is 5.17. The van der Waals surface area contributed by atoms with Gasteiger partial charge >= 0.3 is 5.97 Å². The predicted octanol–water partition coefficient (Wildman–Crippen LogP) is 2.60. The van der Waals surface area contributed by atoms with Crippen LogP contribution >= 0.6 is 0 Å². The molecule has 0 aliphatic carbocycles. The van der Waals surface area contributed by atoms with Crippen LogP contribution < -0.4 is 4.90 Å². The summed E-state index contributed by atoms with van der Waals surface area (Å²) in [6.07, 6.45) is 7.37. The molecule has 1 saturated heterocycles. The number of aromatic carboxylic acids is 1. The van der Waals surface area contributed by atoms with E-state index in [1.807, 2.05) is 31.3 Å². The van der Waals surface area contributed by atoms with Crippen molar-refractivity contribution >= 4 is 11.8 Å². The molecule has 4 heterocycles. The number of pyridine rings is 2. The van der Waals surface area contributed by atoms with Gasteiger partial charge in [0.05, 0.1) is 11.9 Å². The van der Waals surface area contributed by atoms with Crippen LogP contribution in [0, 0.1) is 6.92 Å². The van der Waals surface area contributed by atoms with Crippen molar-refractivity contribution in [3.63, 3.8) is 0 Å². The number of hydrogen-bond acceptors (Lipinski definition) is 5. The van der Waals surface area contributed by atoms with Crippen molar-refractivity contribution in [3.8, 4) is 5.69 Å². The molecule has 1 aliphatic rings. The van der Waals surface area contributed by atoms with Crippen LogP contribution in [0.2, 0.25) is 0 Å². The average molecular weight is 377 g/mol. The van der Waals surface area contributed by atoms with Crippen molar-refractivity contribution in [2.24, 2.45) is 0 Å². The van der Waals surface area contributed by atoms with Gasteiger partial charge in [0, 0.05) is 57.0 Å². The summed E-state index contributed by atoms with van der Waals surface area (Å²) in [6, 6.07) is 9.91. The number of carboxylic acids is 1. The Hall–Kier alpha value is -3.19. The molecule has 0 aromatic carbocycles. The molecular formula is C21H23N5O2. The minimum Gasteiger partial charge on any atom is -0.478 e. The SMILES string of the molecule is Cc1ccnc(N2CCN(Cc3cccn3-c3cccnc3)CC2)c1C(=O)O. The maximum Gasteiger partial charge on any atom is 0.339 e. The Kier molecular flexibility index (Phi) is 5.08. The van der Waals surface area contributed by atoms with Crippen LogP contribution in [0.15, 0.2) is 55.1 Å². The summed E-state index contributed by atoms with van der Waals surface area (Å²) in [5, 5.41) is 9.55. The monoisotopic (exact) mass is 377 g/mol. The highest BCUT2D eigenvalue weighted by Crippen LogP contribution is 2.23. The van der Waals surface area contributed by atoms with E-state index in [1.165, 1.54) is 5.69 Å². The number of hydrogen-bond donors (Lipinski definition) is 1. The Morgan fingerprint density at radius 3 is 2.64 bits per heavy atom. The molecule has 1 N–H and O–H groups in total. The lowest BCUT2D eigenvalue weighted by Gasteiger charge is -2.36. The Bertz CT molecular complexity index is 962. The second-order valence-electron chi connectivity index (χ2n) is 6.98. The molecule has 0 saturated carbocycles. The third kappa shape index (κ3) is 3.61. The second kappa shape index (κ2) is 7.82. The standard InChI is InChI=1S/C21H23N5O2/c1-16-6-8-23-20(19(16)21(27)28)25-12-10-24(11-13-25)15-18-5-3-9-26(18)17-4-2-7-22-14-17/h2-9,14H,10-13,15H2,1H3,(H,27,28). The zero-order chi connectivity index (χ0) is 19.5.